The molecule has 0 aliphatic heterocycles. The summed E-state index contributed by atoms with van der Waals surface area (Å²) in [7, 11) is 0. The third kappa shape index (κ3) is 5.49. The normalized spacial score (nSPS) is 10.9. The Hall–Kier alpha value is -0.580. The number of pyridine rings is 1. The first-order valence-corrected chi connectivity index (χ1v) is 6.97. The van der Waals surface area contributed by atoms with E-state index in [1.807, 2.05) is 24.0 Å². The van der Waals surface area contributed by atoms with Crippen LogP contribution in [0.1, 0.15) is 12.0 Å². The molecule has 0 bridgehead atoms. The lowest BCUT2D eigenvalue weighted by atomic mass is 10.2. The third-order valence-electron chi connectivity index (χ3n) is 2.37. The summed E-state index contributed by atoms with van der Waals surface area (Å²) >= 11 is 1.87. The Morgan fingerprint density at radius 1 is 1.44 bits per heavy atom. The number of rotatable bonds is 8. The van der Waals surface area contributed by atoms with Gasteiger partial charge in [0.1, 0.15) is 0 Å². The van der Waals surface area contributed by atoms with Crippen molar-refractivity contribution in [2.45, 2.75) is 13.0 Å². The Balaban J connectivity index is 2.38. The maximum Gasteiger partial charge on any atom is 0.0558 e. The maximum absolute atomic E-state index is 9.01. The van der Waals surface area contributed by atoms with Crippen LogP contribution in [0, 0.1) is 0 Å². The van der Waals surface area contributed by atoms with Crippen LogP contribution >= 0.6 is 11.8 Å². The number of aliphatic hydroxyl groups is 1. The molecule has 0 aromatic carbocycles. The lowest BCUT2D eigenvalue weighted by molar-refractivity contribution is 0.190. The summed E-state index contributed by atoms with van der Waals surface area (Å²) in [5, 5.41) is 9.01. The predicted octanol–water partition coefficient (Wildman–Crippen LogP) is 1.63. The molecule has 0 radical (unpaired) electrons. The SMILES string of the molecule is CSCCCN(CCO)Cc1cccnc1. The van der Waals surface area contributed by atoms with Crippen LogP contribution in [0.5, 0.6) is 0 Å². The molecule has 0 unspecified atom stereocenters. The highest BCUT2D eigenvalue weighted by molar-refractivity contribution is 7.98. The number of hydrogen-bond acceptors (Lipinski definition) is 4. The highest BCUT2D eigenvalue weighted by atomic mass is 32.2. The van der Waals surface area contributed by atoms with Crippen molar-refractivity contribution in [3.05, 3.63) is 30.1 Å². The summed E-state index contributed by atoms with van der Waals surface area (Å²) in [5.41, 5.74) is 1.21. The minimum atomic E-state index is 0.222. The molecule has 0 saturated heterocycles. The van der Waals surface area contributed by atoms with Gasteiger partial charge in [-0.05, 0) is 36.6 Å². The monoisotopic (exact) mass is 240 g/mol. The Morgan fingerprint density at radius 2 is 2.31 bits per heavy atom. The molecule has 4 heteroatoms. The Labute approximate surface area is 102 Å². The van der Waals surface area contributed by atoms with Crippen molar-refractivity contribution >= 4 is 11.8 Å². The van der Waals surface area contributed by atoms with Gasteiger partial charge >= 0.3 is 0 Å². The summed E-state index contributed by atoms with van der Waals surface area (Å²) in [5.74, 6) is 1.18. The second kappa shape index (κ2) is 8.56. The summed E-state index contributed by atoms with van der Waals surface area (Å²) < 4.78 is 0. The second-order valence-electron chi connectivity index (χ2n) is 3.71. The van der Waals surface area contributed by atoms with Gasteiger partial charge in [-0.2, -0.15) is 11.8 Å². The van der Waals surface area contributed by atoms with Crippen molar-refractivity contribution in [3.8, 4) is 0 Å². The maximum atomic E-state index is 9.01. The van der Waals surface area contributed by atoms with E-state index in [1.165, 1.54) is 17.7 Å². The summed E-state index contributed by atoms with van der Waals surface area (Å²) in [6.07, 6.45) is 6.96. The van der Waals surface area contributed by atoms with Gasteiger partial charge in [0.15, 0.2) is 0 Å². The lowest BCUT2D eigenvalue weighted by Crippen LogP contribution is -2.28. The quantitative estimate of drug-likeness (QED) is 0.701. The van der Waals surface area contributed by atoms with Crippen LogP contribution in [0.25, 0.3) is 0 Å². The fraction of sp³-hybridized carbons (Fsp3) is 0.583. The second-order valence-corrected chi connectivity index (χ2v) is 4.69. The van der Waals surface area contributed by atoms with E-state index >= 15 is 0 Å². The summed E-state index contributed by atoms with van der Waals surface area (Å²) in [6.45, 7) is 2.88. The van der Waals surface area contributed by atoms with E-state index in [9.17, 15) is 0 Å². The minimum absolute atomic E-state index is 0.222. The van der Waals surface area contributed by atoms with Gasteiger partial charge in [0.25, 0.3) is 0 Å². The van der Waals surface area contributed by atoms with Gasteiger partial charge in [0.2, 0.25) is 0 Å². The third-order valence-corrected chi connectivity index (χ3v) is 3.06. The molecule has 1 aromatic rings. The molecule has 16 heavy (non-hydrogen) atoms. The van der Waals surface area contributed by atoms with Crippen LogP contribution < -0.4 is 0 Å². The predicted molar refractivity (Wildman–Crippen MR) is 69.6 cm³/mol. The Kier molecular flexibility index (Phi) is 7.21. The van der Waals surface area contributed by atoms with Gasteiger partial charge in [0.05, 0.1) is 6.61 Å². The molecular weight excluding hydrogens is 220 g/mol. The van der Waals surface area contributed by atoms with Crippen LogP contribution in [0.15, 0.2) is 24.5 Å². The zero-order chi connectivity index (χ0) is 11.6. The summed E-state index contributed by atoms with van der Waals surface area (Å²) in [4.78, 5) is 6.37. The molecule has 90 valence electrons. The molecule has 0 aliphatic rings. The van der Waals surface area contributed by atoms with Crippen molar-refractivity contribution in [2.24, 2.45) is 0 Å². The van der Waals surface area contributed by atoms with E-state index < -0.39 is 0 Å². The summed E-state index contributed by atoms with van der Waals surface area (Å²) in [6, 6.07) is 4.03. The highest BCUT2D eigenvalue weighted by Gasteiger charge is 2.04. The number of aromatic nitrogens is 1. The van der Waals surface area contributed by atoms with Gasteiger partial charge < -0.3 is 5.11 Å². The largest absolute Gasteiger partial charge is 0.395 e. The molecule has 1 aromatic heterocycles. The van der Waals surface area contributed by atoms with Gasteiger partial charge in [0, 0.05) is 25.5 Å². The average molecular weight is 240 g/mol. The molecule has 1 heterocycles. The van der Waals surface area contributed by atoms with Crippen LogP contribution in [-0.4, -0.2) is 46.7 Å². The molecular formula is C12H20N2OS. The zero-order valence-electron chi connectivity index (χ0n) is 9.80. The van der Waals surface area contributed by atoms with E-state index in [0.29, 0.717) is 0 Å². The molecule has 0 amide bonds. The van der Waals surface area contributed by atoms with Gasteiger partial charge in [-0.3, -0.25) is 9.88 Å². The molecule has 1 N–H and O–H groups in total. The van der Waals surface area contributed by atoms with Crippen LogP contribution in [0.2, 0.25) is 0 Å². The van der Waals surface area contributed by atoms with Crippen LogP contribution in [0.3, 0.4) is 0 Å². The van der Waals surface area contributed by atoms with E-state index in [1.54, 1.807) is 6.20 Å². The van der Waals surface area contributed by atoms with Crippen LogP contribution in [-0.2, 0) is 6.54 Å². The van der Waals surface area contributed by atoms with Gasteiger partial charge in [-0.25, -0.2) is 0 Å². The highest BCUT2D eigenvalue weighted by Crippen LogP contribution is 2.05. The van der Waals surface area contributed by atoms with Crippen LogP contribution in [0.4, 0.5) is 0 Å². The minimum Gasteiger partial charge on any atom is -0.395 e. The van der Waals surface area contributed by atoms with E-state index in [2.05, 4.69) is 22.2 Å². The lowest BCUT2D eigenvalue weighted by Gasteiger charge is -2.20. The number of nitrogens with zero attached hydrogens (tertiary/aromatic N) is 2. The van der Waals surface area contributed by atoms with Crippen molar-refractivity contribution in [2.75, 3.05) is 31.7 Å². The van der Waals surface area contributed by atoms with E-state index in [-0.39, 0.29) is 6.61 Å². The standard InChI is InChI=1S/C12H20N2OS/c1-16-9-3-6-14(7-8-15)11-12-4-2-5-13-10-12/h2,4-5,10,15H,3,6-9,11H2,1H3. The van der Waals surface area contributed by atoms with Gasteiger partial charge in [-0.15, -0.1) is 0 Å². The van der Waals surface area contributed by atoms with Crippen molar-refractivity contribution in [3.63, 3.8) is 0 Å². The Bertz CT molecular complexity index is 269. The average Bonchev–Trinajstić information content (AvgIpc) is 2.31. The number of aliphatic hydroxyl groups excluding tert-OH is 1. The first-order valence-electron chi connectivity index (χ1n) is 5.58. The van der Waals surface area contributed by atoms with Crippen molar-refractivity contribution in [1.29, 1.82) is 0 Å². The first kappa shape index (κ1) is 13.5. The number of hydrogen-bond donors (Lipinski definition) is 1. The van der Waals surface area contributed by atoms with Crippen molar-refractivity contribution < 1.29 is 5.11 Å². The smallest absolute Gasteiger partial charge is 0.0558 e. The fourth-order valence-corrected chi connectivity index (χ4v) is 2.01. The van der Waals surface area contributed by atoms with Crippen molar-refractivity contribution in [1.82, 2.24) is 9.88 Å². The molecule has 1 rings (SSSR count). The Morgan fingerprint density at radius 3 is 2.94 bits per heavy atom. The first-order chi connectivity index (χ1) is 7.86. The van der Waals surface area contributed by atoms with E-state index in [0.717, 1.165) is 19.6 Å². The molecule has 0 saturated carbocycles. The molecule has 0 spiro atoms. The fourth-order valence-electron chi connectivity index (χ4n) is 1.59. The molecule has 0 fully saturated rings. The topological polar surface area (TPSA) is 36.4 Å². The number of thioether (sulfide) groups is 1. The van der Waals surface area contributed by atoms with Gasteiger partial charge in [-0.1, -0.05) is 6.07 Å². The zero-order valence-corrected chi connectivity index (χ0v) is 10.6. The molecule has 3 nitrogen and oxygen atoms in total. The van der Waals surface area contributed by atoms with E-state index in [4.69, 9.17) is 5.11 Å². The molecule has 0 atom stereocenters. The molecule has 0 aliphatic carbocycles.